The van der Waals surface area contributed by atoms with Gasteiger partial charge < -0.3 is 19.5 Å². The Morgan fingerprint density at radius 2 is 2.19 bits per heavy atom. The lowest BCUT2D eigenvalue weighted by atomic mass is 10.2. The van der Waals surface area contributed by atoms with Gasteiger partial charge in [0.15, 0.2) is 11.5 Å². The van der Waals surface area contributed by atoms with Crippen LogP contribution in [0.4, 0.5) is 0 Å². The zero-order valence-corrected chi connectivity index (χ0v) is 13.4. The molecule has 1 saturated heterocycles. The van der Waals surface area contributed by atoms with Gasteiger partial charge in [-0.05, 0) is 51.3 Å². The van der Waals surface area contributed by atoms with E-state index in [2.05, 4.69) is 17.4 Å². The van der Waals surface area contributed by atoms with Gasteiger partial charge in [0.1, 0.15) is 0 Å². The molecule has 1 aromatic carbocycles. The van der Waals surface area contributed by atoms with E-state index < -0.39 is 0 Å². The van der Waals surface area contributed by atoms with Gasteiger partial charge >= 0.3 is 0 Å². The van der Waals surface area contributed by atoms with E-state index in [0.717, 1.165) is 31.2 Å². The maximum atomic E-state index is 5.77. The topological polar surface area (TPSA) is 39.7 Å². The molecule has 1 aromatic rings. The van der Waals surface area contributed by atoms with Gasteiger partial charge in [0, 0.05) is 19.7 Å². The van der Waals surface area contributed by atoms with Crippen LogP contribution >= 0.6 is 0 Å². The van der Waals surface area contributed by atoms with Crippen LogP contribution in [0.15, 0.2) is 18.2 Å². The molecule has 0 aliphatic carbocycles. The van der Waals surface area contributed by atoms with Gasteiger partial charge in [-0.25, -0.2) is 0 Å². The minimum absolute atomic E-state index is 0.146. The van der Waals surface area contributed by atoms with E-state index in [0.29, 0.717) is 12.7 Å². The minimum Gasteiger partial charge on any atom is -0.490 e. The average Bonchev–Trinajstić information content (AvgIpc) is 2.94. The third-order valence-electron chi connectivity index (χ3n) is 3.40. The standard InChI is InChI=1S/C17H27NO3/c1-4-19-17-10-14(7-8-16(17)21-13(2)3)11-18-12-15-6-5-9-20-15/h7-8,10,13,15,18H,4-6,9,11-12H2,1-3H3. The van der Waals surface area contributed by atoms with E-state index in [4.69, 9.17) is 14.2 Å². The molecule has 21 heavy (non-hydrogen) atoms. The van der Waals surface area contributed by atoms with Crippen LogP contribution in [0, 0.1) is 0 Å². The van der Waals surface area contributed by atoms with Crippen molar-refractivity contribution >= 4 is 0 Å². The fourth-order valence-corrected chi connectivity index (χ4v) is 2.46. The molecular weight excluding hydrogens is 266 g/mol. The van der Waals surface area contributed by atoms with Crippen molar-refractivity contribution in [2.75, 3.05) is 19.8 Å². The molecule has 0 aromatic heterocycles. The lowest BCUT2D eigenvalue weighted by Gasteiger charge is -2.16. The predicted octanol–water partition coefficient (Wildman–Crippen LogP) is 3.14. The first kappa shape index (κ1) is 16.1. The normalized spacial score (nSPS) is 18.2. The van der Waals surface area contributed by atoms with Crippen molar-refractivity contribution in [2.45, 2.75) is 52.4 Å². The lowest BCUT2D eigenvalue weighted by Crippen LogP contribution is -2.25. The number of rotatable bonds is 8. The molecular formula is C17H27NO3. The third-order valence-corrected chi connectivity index (χ3v) is 3.40. The Balaban J connectivity index is 1.91. The first-order valence-corrected chi connectivity index (χ1v) is 7.93. The van der Waals surface area contributed by atoms with Crippen LogP contribution in [0.2, 0.25) is 0 Å². The van der Waals surface area contributed by atoms with Crippen molar-refractivity contribution in [3.05, 3.63) is 23.8 Å². The summed E-state index contributed by atoms with van der Waals surface area (Å²) in [5.74, 6) is 1.64. The smallest absolute Gasteiger partial charge is 0.161 e. The Morgan fingerprint density at radius 1 is 1.33 bits per heavy atom. The predicted molar refractivity (Wildman–Crippen MR) is 84.1 cm³/mol. The van der Waals surface area contributed by atoms with Crippen molar-refractivity contribution in [3.8, 4) is 11.5 Å². The molecule has 1 aliphatic rings. The highest BCUT2D eigenvalue weighted by molar-refractivity contribution is 5.43. The summed E-state index contributed by atoms with van der Waals surface area (Å²) < 4.78 is 17.1. The van der Waals surface area contributed by atoms with Crippen molar-refractivity contribution in [1.82, 2.24) is 5.32 Å². The molecule has 1 fully saturated rings. The van der Waals surface area contributed by atoms with Crippen molar-refractivity contribution in [3.63, 3.8) is 0 Å². The molecule has 1 heterocycles. The van der Waals surface area contributed by atoms with E-state index in [1.165, 1.54) is 18.4 Å². The molecule has 4 heteroatoms. The third kappa shape index (κ3) is 5.21. The molecule has 0 saturated carbocycles. The van der Waals surface area contributed by atoms with Crippen molar-refractivity contribution < 1.29 is 14.2 Å². The van der Waals surface area contributed by atoms with Gasteiger partial charge in [-0.2, -0.15) is 0 Å². The molecule has 118 valence electrons. The van der Waals surface area contributed by atoms with Crippen LogP contribution in [0.5, 0.6) is 11.5 Å². The molecule has 1 aliphatic heterocycles. The maximum Gasteiger partial charge on any atom is 0.161 e. The second kappa shape index (κ2) is 8.25. The first-order valence-electron chi connectivity index (χ1n) is 7.93. The minimum atomic E-state index is 0.146. The summed E-state index contributed by atoms with van der Waals surface area (Å²) in [4.78, 5) is 0. The number of hydrogen-bond acceptors (Lipinski definition) is 4. The first-order chi connectivity index (χ1) is 10.2. The second-order valence-corrected chi connectivity index (χ2v) is 5.65. The quantitative estimate of drug-likeness (QED) is 0.799. The van der Waals surface area contributed by atoms with E-state index in [-0.39, 0.29) is 6.10 Å². The van der Waals surface area contributed by atoms with Gasteiger partial charge in [0.05, 0.1) is 18.8 Å². The van der Waals surface area contributed by atoms with Crippen molar-refractivity contribution in [2.24, 2.45) is 0 Å². The summed E-state index contributed by atoms with van der Waals surface area (Å²) in [6, 6.07) is 6.14. The van der Waals surface area contributed by atoms with Gasteiger partial charge in [0.2, 0.25) is 0 Å². The van der Waals surface area contributed by atoms with E-state index in [9.17, 15) is 0 Å². The van der Waals surface area contributed by atoms with Crippen LogP contribution in [-0.2, 0) is 11.3 Å². The summed E-state index contributed by atoms with van der Waals surface area (Å²) in [5.41, 5.74) is 1.20. The summed E-state index contributed by atoms with van der Waals surface area (Å²) in [7, 11) is 0. The summed E-state index contributed by atoms with van der Waals surface area (Å²) >= 11 is 0. The SMILES string of the molecule is CCOc1cc(CNCC2CCCO2)ccc1OC(C)C. The molecule has 1 atom stereocenters. The Kier molecular flexibility index (Phi) is 6.33. The Morgan fingerprint density at radius 3 is 2.86 bits per heavy atom. The Hall–Kier alpha value is -1.26. The molecule has 1 N–H and O–H groups in total. The van der Waals surface area contributed by atoms with Crippen LogP contribution in [0.1, 0.15) is 39.2 Å². The lowest BCUT2D eigenvalue weighted by molar-refractivity contribution is 0.110. The molecule has 0 radical (unpaired) electrons. The van der Waals surface area contributed by atoms with E-state index >= 15 is 0 Å². The van der Waals surface area contributed by atoms with E-state index in [1.54, 1.807) is 0 Å². The number of ether oxygens (including phenoxy) is 3. The van der Waals surface area contributed by atoms with Crippen LogP contribution in [0.3, 0.4) is 0 Å². The van der Waals surface area contributed by atoms with Gasteiger partial charge in [-0.1, -0.05) is 6.07 Å². The number of hydrogen-bond donors (Lipinski definition) is 1. The van der Waals surface area contributed by atoms with E-state index in [1.807, 2.05) is 26.8 Å². The van der Waals surface area contributed by atoms with Crippen LogP contribution in [0.25, 0.3) is 0 Å². The van der Waals surface area contributed by atoms with Gasteiger partial charge in [0.25, 0.3) is 0 Å². The molecule has 4 nitrogen and oxygen atoms in total. The molecule has 1 unspecified atom stereocenters. The largest absolute Gasteiger partial charge is 0.490 e. The second-order valence-electron chi connectivity index (χ2n) is 5.65. The fourth-order valence-electron chi connectivity index (χ4n) is 2.46. The Labute approximate surface area is 127 Å². The van der Waals surface area contributed by atoms with Gasteiger partial charge in [-0.15, -0.1) is 0 Å². The molecule has 0 amide bonds. The zero-order chi connectivity index (χ0) is 15.1. The van der Waals surface area contributed by atoms with Gasteiger partial charge in [-0.3, -0.25) is 0 Å². The average molecular weight is 293 g/mol. The number of nitrogens with one attached hydrogen (secondary N) is 1. The highest BCUT2D eigenvalue weighted by Crippen LogP contribution is 2.29. The fraction of sp³-hybridized carbons (Fsp3) is 0.647. The molecule has 0 spiro atoms. The van der Waals surface area contributed by atoms with Crippen molar-refractivity contribution in [1.29, 1.82) is 0 Å². The Bertz CT molecular complexity index is 428. The highest BCUT2D eigenvalue weighted by atomic mass is 16.5. The summed E-state index contributed by atoms with van der Waals surface area (Å²) in [5, 5.41) is 3.45. The monoisotopic (exact) mass is 293 g/mol. The molecule has 2 rings (SSSR count). The zero-order valence-electron chi connectivity index (χ0n) is 13.4. The van der Waals surface area contributed by atoms with Crippen LogP contribution in [-0.4, -0.2) is 32.0 Å². The maximum absolute atomic E-state index is 5.77. The molecule has 0 bridgehead atoms. The number of benzene rings is 1. The van der Waals surface area contributed by atoms with Crippen LogP contribution < -0.4 is 14.8 Å². The summed E-state index contributed by atoms with van der Waals surface area (Å²) in [6.07, 6.45) is 2.87. The highest BCUT2D eigenvalue weighted by Gasteiger charge is 2.14. The summed E-state index contributed by atoms with van der Waals surface area (Å²) in [6.45, 7) is 9.31.